The van der Waals surface area contributed by atoms with Crippen LogP contribution in [0.15, 0.2) is 72.4 Å². The standard InChI is InChI=1S/C26H31N3O2S/c1-21(15-18-32-19-16-26(30)31-2)14-17-29-20-25(27-28-29)13-10-22-8-11-24(12-9-22)23-6-4-3-5-7-23/h3-9,11-12,15,20H,10,13-14,16-19H2,1-2H3/b21-15+. The van der Waals surface area contributed by atoms with E-state index in [1.807, 2.05) is 10.7 Å². The quantitative estimate of drug-likeness (QED) is 0.212. The molecule has 0 unspecified atom stereocenters. The van der Waals surface area contributed by atoms with Gasteiger partial charge in [-0.15, -0.1) is 5.10 Å². The van der Waals surface area contributed by atoms with Crippen LogP contribution in [0.1, 0.15) is 31.0 Å². The molecule has 0 N–H and O–H groups in total. The number of carbonyl (C=O) groups excluding carboxylic acids is 1. The van der Waals surface area contributed by atoms with Gasteiger partial charge in [0.2, 0.25) is 0 Å². The van der Waals surface area contributed by atoms with Crippen molar-refractivity contribution >= 4 is 17.7 Å². The molecule has 1 heterocycles. The van der Waals surface area contributed by atoms with Crippen molar-refractivity contribution in [3.63, 3.8) is 0 Å². The fourth-order valence-corrected chi connectivity index (χ4v) is 4.14. The third-order valence-corrected chi connectivity index (χ3v) is 6.18. The van der Waals surface area contributed by atoms with Crippen LogP contribution in [0.4, 0.5) is 0 Å². The van der Waals surface area contributed by atoms with Crippen LogP contribution in [0.25, 0.3) is 11.1 Å². The molecule has 0 aliphatic heterocycles. The summed E-state index contributed by atoms with van der Waals surface area (Å²) < 4.78 is 6.57. The van der Waals surface area contributed by atoms with Crippen molar-refractivity contribution in [2.75, 3.05) is 18.6 Å². The first-order chi connectivity index (χ1) is 15.6. The third kappa shape index (κ3) is 8.00. The number of benzene rings is 2. The first kappa shape index (κ1) is 23.8. The maximum atomic E-state index is 11.1. The van der Waals surface area contributed by atoms with Crippen molar-refractivity contribution in [2.45, 2.75) is 39.2 Å². The van der Waals surface area contributed by atoms with E-state index in [9.17, 15) is 4.79 Å². The topological polar surface area (TPSA) is 57.0 Å². The summed E-state index contributed by atoms with van der Waals surface area (Å²) in [5.41, 5.74) is 6.14. The van der Waals surface area contributed by atoms with E-state index in [1.165, 1.54) is 29.4 Å². The van der Waals surface area contributed by atoms with Crippen LogP contribution in [-0.2, 0) is 28.9 Å². The minimum absolute atomic E-state index is 0.149. The highest BCUT2D eigenvalue weighted by Crippen LogP contribution is 2.19. The zero-order valence-corrected chi connectivity index (χ0v) is 19.7. The van der Waals surface area contributed by atoms with Crippen LogP contribution < -0.4 is 0 Å². The van der Waals surface area contributed by atoms with E-state index >= 15 is 0 Å². The number of methoxy groups -OCH3 is 1. The lowest BCUT2D eigenvalue weighted by molar-refractivity contribution is -0.140. The predicted octanol–water partition coefficient (Wildman–Crippen LogP) is 5.36. The van der Waals surface area contributed by atoms with Crippen LogP contribution in [0.2, 0.25) is 0 Å². The maximum absolute atomic E-state index is 11.1. The van der Waals surface area contributed by atoms with Crippen molar-refractivity contribution in [3.05, 3.63) is 83.7 Å². The molecule has 2 aromatic carbocycles. The zero-order chi connectivity index (χ0) is 22.6. The molecule has 0 amide bonds. The van der Waals surface area contributed by atoms with E-state index in [-0.39, 0.29) is 5.97 Å². The number of thioether (sulfide) groups is 1. The Bertz CT molecular complexity index is 997. The smallest absolute Gasteiger partial charge is 0.306 e. The first-order valence-electron chi connectivity index (χ1n) is 11.0. The Morgan fingerprint density at radius 3 is 2.53 bits per heavy atom. The fraction of sp³-hybridized carbons (Fsp3) is 0.346. The number of ether oxygens (including phenoxy) is 1. The molecule has 1 aromatic heterocycles. The average molecular weight is 450 g/mol. The van der Waals surface area contributed by atoms with E-state index in [2.05, 4.69) is 82.8 Å². The largest absolute Gasteiger partial charge is 0.469 e. The molecule has 3 rings (SSSR count). The van der Waals surface area contributed by atoms with Crippen LogP contribution in [0.5, 0.6) is 0 Å². The second-order valence-electron chi connectivity index (χ2n) is 7.74. The summed E-state index contributed by atoms with van der Waals surface area (Å²) in [6, 6.07) is 19.2. The molecule has 6 heteroatoms. The highest BCUT2D eigenvalue weighted by Gasteiger charge is 2.04. The Hall–Kier alpha value is -2.86. The molecule has 5 nitrogen and oxygen atoms in total. The minimum atomic E-state index is -0.149. The molecule has 3 aromatic rings. The molecule has 0 aliphatic rings. The van der Waals surface area contributed by atoms with Gasteiger partial charge in [0, 0.05) is 24.2 Å². The predicted molar refractivity (Wildman–Crippen MR) is 132 cm³/mol. The summed E-state index contributed by atoms with van der Waals surface area (Å²) in [4.78, 5) is 11.1. The van der Waals surface area contributed by atoms with E-state index in [0.717, 1.165) is 43.0 Å². The molecule has 0 fully saturated rings. The Morgan fingerprint density at radius 2 is 1.78 bits per heavy atom. The minimum Gasteiger partial charge on any atom is -0.469 e. The average Bonchev–Trinajstić information content (AvgIpc) is 3.30. The normalized spacial score (nSPS) is 11.5. The van der Waals surface area contributed by atoms with Gasteiger partial charge in [-0.2, -0.15) is 11.8 Å². The second kappa shape index (κ2) is 12.9. The van der Waals surface area contributed by atoms with Crippen LogP contribution >= 0.6 is 11.8 Å². The third-order valence-electron chi connectivity index (χ3n) is 5.28. The number of hydrogen-bond donors (Lipinski definition) is 0. The van der Waals surface area contributed by atoms with Crippen LogP contribution in [0, 0.1) is 0 Å². The molecule has 0 bridgehead atoms. The summed E-state index contributed by atoms with van der Waals surface area (Å²) in [7, 11) is 1.43. The number of esters is 1. The molecule has 0 atom stereocenters. The maximum Gasteiger partial charge on any atom is 0.306 e. The van der Waals surface area contributed by atoms with E-state index in [1.54, 1.807) is 11.8 Å². The summed E-state index contributed by atoms with van der Waals surface area (Å²) >= 11 is 1.74. The lowest BCUT2D eigenvalue weighted by Gasteiger charge is -2.04. The van der Waals surface area contributed by atoms with Crippen molar-refractivity contribution in [2.24, 2.45) is 0 Å². The zero-order valence-electron chi connectivity index (χ0n) is 18.9. The molecule has 0 spiro atoms. The Morgan fingerprint density at radius 1 is 1.03 bits per heavy atom. The van der Waals surface area contributed by atoms with E-state index < -0.39 is 0 Å². The number of allylic oxidation sites excluding steroid dienone is 1. The fourth-order valence-electron chi connectivity index (χ4n) is 3.26. The number of nitrogens with zero attached hydrogens (tertiary/aromatic N) is 3. The second-order valence-corrected chi connectivity index (χ2v) is 8.89. The van der Waals surface area contributed by atoms with Crippen molar-refractivity contribution in [3.8, 4) is 11.1 Å². The van der Waals surface area contributed by atoms with Gasteiger partial charge in [0.05, 0.1) is 19.2 Å². The summed E-state index contributed by atoms with van der Waals surface area (Å²) in [5, 5.41) is 8.61. The SMILES string of the molecule is COC(=O)CCSC/C=C(\C)CCn1cc(CCc2ccc(-c3ccccc3)cc2)nn1. The van der Waals surface area contributed by atoms with Gasteiger partial charge in [-0.1, -0.05) is 71.5 Å². The monoisotopic (exact) mass is 449 g/mol. The number of rotatable bonds is 12. The molecule has 0 saturated carbocycles. The van der Waals surface area contributed by atoms with E-state index in [0.29, 0.717) is 6.42 Å². The lowest BCUT2D eigenvalue weighted by Crippen LogP contribution is -2.01. The van der Waals surface area contributed by atoms with Crippen molar-refractivity contribution < 1.29 is 9.53 Å². The summed E-state index contributed by atoms with van der Waals surface area (Å²) in [5.74, 6) is 1.55. The van der Waals surface area contributed by atoms with Crippen LogP contribution in [-0.4, -0.2) is 39.6 Å². The molecule has 0 radical (unpaired) electrons. The van der Waals surface area contributed by atoms with Crippen LogP contribution in [0.3, 0.4) is 0 Å². The van der Waals surface area contributed by atoms with Gasteiger partial charge in [0.25, 0.3) is 0 Å². The molecule has 0 aliphatic carbocycles. The Labute approximate surface area is 194 Å². The number of aryl methyl sites for hydroxylation is 3. The van der Waals surface area contributed by atoms with E-state index in [4.69, 9.17) is 0 Å². The highest BCUT2D eigenvalue weighted by atomic mass is 32.2. The van der Waals surface area contributed by atoms with Crippen molar-refractivity contribution in [1.82, 2.24) is 15.0 Å². The van der Waals surface area contributed by atoms with Gasteiger partial charge in [-0.3, -0.25) is 9.48 Å². The molecule has 168 valence electrons. The lowest BCUT2D eigenvalue weighted by atomic mass is 10.0. The Balaban J connectivity index is 1.38. The van der Waals surface area contributed by atoms with Crippen molar-refractivity contribution in [1.29, 1.82) is 0 Å². The van der Waals surface area contributed by atoms with Gasteiger partial charge < -0.3 is 4.74 Å². The Kier molecular flexibility index (Phi) is 9.57. The highest BCUT2D eigenvalue weighted by molar-refractivity contribution is 7.99. The van der Waals surface area contributed by atoms with Gasteiger partial charge in [-0.25, -0.2) is 0 Å². The molecule has 0 saturated heterocycles. The molecular weight excluding hydrogens is 418 g/mol. The van der Waals surface area contributed by atoms with Gasteiger partial charge in [0.15, 0.2) is 0 Å². The molecule has 32 heavy (non-hydrogen) atoms. The number of hydrogen-bond acceptors (Lipinski definition) is 5. The van der Waals surface area contributed by atoms with Gasteiger partial charge in [-0.05, 0) is 42.9 Å². The number of carbonyl (C=O) groups is 1. The van der Waals surface area contributed by atoms with Gasteiger partial charge in [0.1, 0.15) is 0 Å². The summed E-state index contributed by atoms with van der Waals surface area (Å²) in [6.07, 6.45) is 7.52. The summed E-state index contributed by atoms with van der Waals surface area (Å²) in [6.45, 7) is 2.96. The molecular formula is C26H31N3O2S. The first-order valence-corrected chi connectivity index (χ1v) is 12.1. The van der Waals surface area contributed by atoms with Gasteiger partial charge >= 0.3 is 5.97 Å². The number of aromatic nitrogens is 3.